The number of carbonyl (C=O) groups is 2. The number of hydrogen-bond acceptors (Lipinski definition) is 5. The number of amides is 1. The molecule has 0 aliphatic carbocycles. The molecule has 0 radical (unpaired) electrons. The first kappa shape index (κ1) is 19.8. The molecule has 152 valence electrons. The average Bonchev–Trinajstić information content (AvgIpc) is 3.07. The van der Waals surface area contributed by atoms with Crippen LogP contribution in [0.3, 0.4) is 0 Å². The second-order valence-corrected chi connectivity index (χ2v) is 7.47. The summed E-state index contributed by atoms with van der Waals surface area (Å²) < 4.78 is 26.0. The van der Waals surface area contributed by atoms with E-state index in [0.717, 1.165) is 22.1 Å². The molecule has 6 nitrogen and oxygen atoms in total. The van der Waals surface area contributed by atoms with Gasteiger partial charge in [-0.2, -0.15) is 4.99 Å². The highest BCUT2D eigenvalue weighted by Gasteiger charge is 2.13. The average molecular weight is 424 g/mol. The molecule has 8 heteroatoms. The van der Waals surface area contributed by atoms with Gasteiger partial charge in [0, 0.05) is 0 Å². The lowest BCUT2D eigenvalue weighted by Crippen LogP contribution is -2.23. The van der Waals surface area contributed by atoms with Crippen molar-refractivity contribution in [3.63, 3.8) is 0 Å². The van der Waals surface area contributed by atoms with E-state index in [0.29, 0.717) is 16.0 Å². The van der Waals surface area contributed by atoms with E-state index in [-0.39, 0.29) is 18.0 Å². The van der Waals surface area contributed by atoms with E-state index < -0.39 is 17.7 Å². The molecular formula is C22H17FN2O4S. The number of methoxy groups -OCH3 is 1. The zero-order valence-electron chi connectivity index (χ0n) is 16.0. The fourth-order valence-electron chi connectivity index (χ4n) is 3.02. The van der Waals surface area contributed by atoms with Crippen LogP contribution in [0.4, 0.5) is 4.39 Å². The van der Waals surface area contributed by atoms with Crippen LogP contribution in [0.15, 0.2) is 65.7 Å². The number of halogens is 1. The molecule has 30 heavy (non-hydrogen) atoms. The third kappa shape index (κ3) is 4.23. The van der Waals surface area contributed by atoms with Crippen LogP contribution < -0.4 is 9.54 Å². The molecule has 3 aromatic carbocycles. The predicted octanol–water partition coefficient (Wildman–Crippen LogP) is 3.67. The maximum Gasteiger partial charge on any atom is 0.325 e. The van der Waals surface area contributed by atoms with Crippen LogP contribution >= 0.6 is 11.3 Å². The summed E-state index contributed by atoms with van der Waals surface area (Å²) in [6.07, 6.45) is 0. The van der Waals surface area contributed by atoms with Gasteiger partial charge in [-0.1, -0.05) is 41.7 Å². The topological polar surface area (TPSA) is 69.9 Å². The molecule has 1 heterocycles. The molecule has 0 unspecified atom stereocenters. The Morgan fingerprint density at radius 1 is 1.07 bits per heavy atom. The predicted molar refractivity (Wildman–Crippen MR) is 112 cm³/mol. The first-order valence-corrected chi connectivity index (χ1v) is 9.90. The van der Waals surface area contributed by atoms with Gasteiger partial charge in [0.1, 0.15) is 18.1 Å². The second-order valence-electron chi connectivity index (χ2n) is 6.46. The van der Waals surface area contributed by atoms with Gasteiger partial charge in [-0.3, -0.25) is 9.59 Å². The Balaban J connectivity index is 1.60. The molecule has 0 saturated heterocycles. The van der Waals surface area contributed by atoms with Crippen LogP contribution in [0, 0.1) is 5.82 Å². The summed E-state index contributed by atoms with van der Waals surface area (Å²) in [5, 5.41) is 2.07. The van der Waals surface area contributed by atoms with Crippen LogP contribution in [0.25, 0.3) is 21.0 Å². The van der Waals surface area contributed by atoms with Gasteiger partial charge in [0.15, 0.2) is 11.4 Å². The van der Waals surface area contributed by atoms with Crippen LogP contribution in [-0.2, 0) is 20.9 Å². The fourth-order valence-corrected chi connectivity index (χ4v) is 4.09. The minimum absolute atomic E-state index is 0.139. The highest BCUT2D eigenvalue weighted by Crippen LogP contribution is 2.21. The van der Waals surface area contributed by atoms with E-state index in [9.17, 15) is 14.0 Å². The molecule has 0 aliphatic heterocycles. The number of thiazole rings is 1. The largest absolute Gasteiger partial charge is 0.484 e. The number of esters is 1. The Hall–Kier alpha value is -3.52. The zero-order chi connectivity index (χ0) is 21.1. The van der Waals surface area contributed by atoms with Crippen molar-refractivity contribution in [1.82, 2.24) is 4.57 Å². The van der Waals surface area contributed by atoms with Crippen LogP contribution in [-0.4, -0.2) is 30.2 Å². The number of benzene rings is 3. The maximum atomic E-state index is 13.6. The summed E-state index contributed by atoms with van der Waals surface area (Å²) in [4.78, 5) is 28.5. The monoisotopic (exact) mass is 424 g/mol. The smallest absolute Gasteiger partial charge is 0.325 e. The molecule has 1 amide bonds. The van der Waals surface area contributed by atoms with Crippen LogP contribution in [0.5, 0.6) is 5.75 Å². The van der Waals surface area contributed by atoms with E-state index >= 15 is 0 Å². The fraction of sp³-hybridized carbons (Fsp3) is 0.136. The van der Waals surface area contributed by atoms with Gasteiger partial charge in [-0.15, -0.1) is 0 Å². The Morgan fingerprint density at radius 2 is 1.87 bits per heavy atom. The van der Waals surface area contributed by atoms with E-state index in [4.69, 9.17) is 9.47 Å². The Morgan fingerprint density at radius 3 is 2.67 bits per heavy atom. The van der Waals surface area contributed by atoms with Crippen LogP contribution in [0.1, 0.15) is 0 Å². The number of nitrogens with zero attached hydrogens (tertiary/aromatic N) is 2. The quantitative estimate of drug-likeness (QED) is 0.459. The van der Waals surface area contributed by atoms with E-state index in [1.54, 1.807) is 12.1 Å². The summed E-state index contributed by atoms with van der Waals surface area (Å²) in [6, 6.07) is 17.5. The summed E-state index contributed by atoms with van der Waals surface area (Å²) in [5.41, 5.74) is 0.591. The lowest BCUT2D eigenvalue weighted by molar-refractivity contribution is -0.141. The number of fused-ring (bicyclic) bond motifs is 2. The van der Waals surface area contributed by atoms with Gasteiger partial charge < -0.3 is 14.0 Å². The molecule has 0 saturated carbocycles. The first-order valence-electron chi connectivity index (χ1n) is 9.08. The van der Waals surface area contributed by atoms with Crippen molar-refractivity contribution in [3.05, 3.63) is 71.3 Å². The molecule has 4 rings (SSSR count). The second kappa shape index (κ2) is 8.46. The van der Waals surface area contributed by atoms with Crippen molar-refractivity contribution in [3.8, 4) is 5.75 Å². The number of rotatable bonds is 5. The summed E-state index contributed by atoms with van der Waals surface area (Å²) >= 11 is 1.11. The van der Waals surface area contributed by atoms with Gasteiger partial charge in [0.05, 0.1) is 17.3 Å². The third-order valence-electron chi connectivity index (χ3n) is 4.46. The lowest BCUT2D eigenvalue weighted by Gasteiger charge is -2.05. The number of ether oxygens (including phenoxy) is 2. The highest BCUT2D eigenvalue weighted by molar-refractivity contribution is 7.16. The van der Waals surface area contributed by atoms with Crippen molar-refractivity contribution in [1.29, 1.82) is 0 Å². The zero-order valence-corrected chi connectivity index (χ0v) is 16.8. The normalized spacial score (nSPS) is 11.7. The maximum absolute atomic E-state index is 13.6. The molecule has 0 fully saturated rings. The molecule has 0 spiro atoms. The van der Waals surface area contributed by atoms with Crippen molar-refractivity contribution in [2.45, 2.75) is 6.54 Å². The molecule has 0 atom stereocenters. The molecule has 0 aliphatic rings. The standard InChI is InChI=1S/C22H17FN2O4S/c1-28-21(27)12-25-18-9-7-16(23)11-19(18)30-22(25)24-20(26)13-29-17-8-6-14-4-2-3-5-15(14)10-17/h2-11H,12-13H2,1H3. The van der Waals surface area contributed by atoms with Gasteiger partial charge in [-0.25, -0.2) is 4.39 Å². The summed E-state index contributed by atoms with van der Waals surface area (Å²) in [6.45, 7) is -0.404. The minimum Gasteiger partial charge on any atom is -0.484 e. The number of carbonyl (C=O) groups excluding carboxylic acids is 2. The van der Waals surface area contributed by atoms with Gasteiger partial charge in [0.25, 0.3) is 5.91 Å². The van der Waals surface area contributed by atoms with Gasteiger partial charge in [0.2, 0.25) is 0 Å². The van der Waals surface area contributed by atoms with Crippen molar-refractivity contribution >= 4 is 44.2 Å². The van der Waals surface area contributed by atoms with Crippen molar-refractivity contribution in [2.24, 2.45) is 4.99 Å². The summed E-state index contributed by atoms with van der Waals surface area (Å²) in [7, 11) is 1.27. The molecule has 0 N–H and O–H groups in total. The highest BCUT2D eigenvalue weighted by atomic mass is 32.1. The third-order valence-corrected chi connectivity index (χ3v) is 5.50. The first-order chi connectivity index (χ1) is 14.5. The lowest BCUT2D eigenvalue weighted by atomic mass is 10.1. The summed E-state index contributed by atoms with van der Waals surface area (Å²) in [5.74, 6) is -0.876. The van der Waals surface area contributed by atoms with Crippen LogP contribution in [0.2, 0.25) is 0 Å². The van der Waals surface area contributed by atoms with Crippen molar-refractivity contribution < 1.29 is 23.5 Å². The number of aromatic nitrogens is 1. The molecule has 0 bridgehead atoms. The van der Waals surface area contributed by atoms with E-state index in [2.05, 4.69) is 4.99 Å². The Bertz CT molecular complexity index is 1330. The SMILES string of the molecule is COC(=O)Cn1c(=NC(=O)COc2ccc3ccccc3c2)sc2cc(F)ccc21. The molecular weight excluding hydrogens is 407 g/mol. The molecule has 1 aromatic heterocycles. The Labute approximate surface area is 174 Å². The number of hydrogen-bond donors (Lipinski definition) is 0. The molecule has 4 aromatic rings. The van der Waals surface area contributed by atoms with Gasteiger partial charge >= 0.3 is 5.97 Å². The van der Waals surface area contributed by atoms with Gasteiger partial charge in [-0.05, 0) is 41.1 Å². The van der Waals surface area contributed by atoms with E-state index in [1.165, 1.54) is 23.8 Å². The van der Waals surface area contributed by atoms with Crippen molar-refractivity contribution in [2.75, 3.05) is 13.7 Å². The minimum atomic E-state index is -0.520. The Kier molecular flexibility index (Phi) is 5.58. The van der Waals surface area contributed by atoms with E-state index in [1.807, 2.05) is 36.4 Å².